The third-order valence-corrected chi connectivity index (χ3v) is 3.05. The molecule has 1 atom stereocenters. The van der Waals surface area contributed by atoms with Crippen LogP contribution in [0.4, 0.5) is 4.39 Å². The summed E-state index contributed by atoms with van der Waals surface area (Å²) < 4.78 is 13.2. The van der Waals surface area contributed by atoms with Crippen LogP contribution in [0.25, 0.3) is 0 Å². The number of carbonyl (C=O) groups is 1. The van der Waals surface area contributed by atoms with Crippen LogP contribution in [-0.2, 0) is 11.3 Å². The average molecular weight is 233 g/mol. The third kappa shape index (κ3) is 2.73. The van der Waals surface area contributed by atoms with Crippen LogP contribution in [0.3, 0.4) is 0 Å². The zero-order valence-electron chi connectivity index (χ0n) is 9.95. The Morgan fingerprint density at radius 1 is 1.53 bits per heavy atom. The van der Waals surface area contributed by atoms with Gasteiger partial charge in [0.15, 0.2) is 0 Å². The van der Waals surface area contributed by atoms with Crippen molar-refractivity contribution in [2.75, 3.05) is 6.54 Å². The summed E-state index contributed by atoms with van der Waals surface area (Å²) in [6, 6.07) is 4.89. The molecule has 1 aromatic rings. The molecule has 0 saturated carbocycles. The molecular formula is C14H16FNO. The van der Waals surface area contributed by atoms with Crippen LogP contribution in [0.15, 0.2) is 30.9 Å². The van der Waals surface area contributed by atoms with E-state index in [1.54, 1.807) is 4.90 Å². The number of benzene rings is 1. The summed E-state index contributed by atoms with van der Waals surface area (Å²) in [5, 5.41) is 0. The minimum absolute atomic E-state index is 0.122. The summed E-state index contributed by atoms with van der Waals surface area (Å²) in [7, 11) is 0. The predicted molar refractivity (Wildman–Crippen MR) is 64.9 cm³/mol. The first-order chi connectivity index (χ1) is 8.08. The van der Waals surface area contributed by atoms with Gasteiger partial charge in [-0.2, -0.15) is 0 Å². The molecule has 1 amide bonds. The van der Waals surface area contributed by atoms with Gasteiger partial charge in [-0.3, -0.25) is 4.79 Å². The van der Waals surface area contributed by atoms with Crippen molar-refractivity contribution >= 4 is 5.91 Å². The number of aryl methyl sites for hydroxylation is 1. The van der Waals surface area contributed by atoms with E-state index >= 15 is 0 Å². The second kappa shape index (κ2) is 4.70. The lowest BCUT2D eigenvalue weighted by molar-refractivity contribution is -0.128. The predicted octanol–water partition coefficient (Wildman–Crippen LogP) is 2.67. The van der Waals surface area contributed by atoms with Crippen molar-refractivity contribution in [3.63, 3.8) is 0 Å². The molecule has 0 aliphatic carbocycles. The van der Waals surface area contributed by atoms with Gasteiger partial charge in [0.25, 0.3) is 0 Å². The fraction of sp³-hybridized carbons (Fsp3) is 0.357. The van der Waals surface area contributed by atoms with Crippen LogP contribution in [0.2, 0.25) is 0 Å². The number of halogens is 1. The van der Waals surface area contributed by atoms with E-state index in [-0.39, 0.29) is 17.6 Å². The number of likely N-dealkylation sites (tertiary alicyclic amines) is 1. The van der Waals surface area contributed by atoms with Gasteiger partial charge in [-0.25, -0.2) is 4.39 Å². The highest BCUT2D eigenvalue weighted by molar-refractivity contribution is 5.79. The highest BCUT2D eigenvalue weighted by atomic mass is 19.1. The van der Waals surface area contributed by atoms with E-state index in [1.165, 1.54) is 12.1 Å². The Kier molecular flexibility index (Phi) is 3.27. The summed E-state index contributed by atoms with van der Waals surface area (Å²) >= 11 is 0. The monoisotopic (exact) mass is 233 g/mol. The molecule has 0 N–H and O–H groups in total. The zero-order chi connectivity index (χ0) is 12.4. The van der Waals surface area contributed by atoms with Crippen molar-refractivity contribution in [3.05, 3.63) is 47.8 Å². The highest BCUT2D eigenvalue weighted by Crippen LogP contribution is 2.21. The van der Waals surface area contributed by atoms with Crippen molar-refractivity contribution in [2.24, 2.45) is 5.92 Å². The molecule has 90 valence electrons. The topological polar surface area (TPSA) is 20.3 Å². The number of rotatable bonds is 3. The van der Waals surface area contributed by atoms with Gasteiger partial charge in [0.2, 0.25) is 5.91 Å². The molecule has 17 heavy (non-hydrogen) atoms. The quantitative estimate of drug-likeness (QED) is 0.735. The molecule has 3 heteroatoms. The van der Waals surface area contributed by atoms with Crippen LogP contribution in [0, 0.1) is 18.7 Å². The first kappa shape index (κ1) is 11.8. The van der Waals surface area contributed by atoms with E-state index in [2.05, 4.69) is 6.58 Å². The van der Waals surface area contributed by atoms with Crippen molar-refractivity contribution in [2.45, 2.75) is 19.9 Å². The van der Waals surface area contributed by atoms with Crippen LogP contribution in [0.5, 0.6) is 0 Å². The first-order valence-electron chi connectivity index (χ1n) is 5.75. The minimum Gasteiger partial charge on any atom is -0.338 e. The number of nitrogens with zero attached hydrogens (tertiary/aromatic N) is 1. The molecule has 2 nitrogen and oxygen atoms in total. The second-order valence-corrected chi connectivity index (χ2v) is 4.61. The lowest BCUT2D eigenvalue weighted by Crippen LogP contribution is -2.24. The summed E-state index contributed by atoms with van der Waals surface area (Å²) in [6.07, 6.45) is 2.34. The first-order valence-corrected chi connectivity index (χ1v) is 5.75. The lowest BCUT2D eigenvalue weighted by Gasteiger charge is -2.16. The number of carbonyl (C=O) groups excluding carboxylic acids is 1. The fourth-order valence-corrected chi connectivity index (χ4v) is 2.24. The SMILES string of the molecule is C=CC1CC(=O)N(Cc2cc(C)cc(F)c2)C1. The van der Waals surface area contributed by atoms with Crippen LogP contribution in [-0.4, -0.2) is 17.4 Å². The maximum absolute atomic E-state index is 13.2. The number of amides is 1. The smallest absolute Gasteiger partial charge is 0.223 e. The van der Waals surface area contributed by atoms with Crippen LogP contribution in [0.1, 0.15) is 17.5 Å². The Morgan fingerprint density at radius 3 is 2.88 bits per heavy atom. The van der Waals surface area contributed by atoms with Gasteiger partial charge in [0.05, 0.1) is 0 Å². The normalized spacial score (nSPS) is 19.8. The van der Waals surface area contributed by atoms with Crippen molar-refractivity contribution in [1.82, 2.24) is 4.90 Å². The van der Waals surface area contributed by atoms with E-state index in [9.17, 15) is 9.18 Å². The molecule has 1 fully saturated rings. The Balaban J connectivity index is 2.10. The Bertz CT molecular complexity index is 435. The van der Waals surface area contributed by atoms with E-state index in [4.69, 9.17) is 0 Å². The minimum atomic E-state index is -0.244. The van der Waals surface area contributed by atoms with E-state index in [0.717, 1.165) is 11.1 Å². The number of hydrogen-bond donors (Lipinski definition) is 0. The van der Waals surface area contributed by atoms with Gasteiger partial charge < -0.3 is 4.90 Å². The van der Waals surface area contributed by atoms with Crippen molar-refractivity contribution < 1.29 is 9.18 Å². The maximum Gasteiger partial charge on any atom is 0.223 e. The van der Waals surface area contributed by atoms with Crippen LogP contribution < -0.4 is 0 Å². The lowest BCUT2D eigenvalue weighted by atomic mass is 10.1. The summed E-state index contributed by atoms with van der Waals surface area (Å²) in [5.74, 6) is 0.112. The molecule has 0 aromatic heterocycles. The average Bonchev–Trinajstić information content (AvgIpc) is 2.58. The molecule has 1 aliphatic heterocycles. The largest absolute Gasteiger partial charge is 0.338 e. The van der Waals surface area contributed by atoms with Crippen LogP contribution >= 0.6 is 0 Å². The van der Waals surface area contributed by atoms with Gasteiger partial charge >= 0.3 is 0 Å². The van der Waals surface area contributed by atoms with E-state index in [0.29, 0.717) is 19.5 Å². The molecule has 1 saturated heterocycles. The van der Waals surface area contributed by atoms with Crippen molar-refractivity contribution in [1.29, 1.82) is 0 Å². The molecular weight excluding hydrogens is 217 g/mol. The molecule has 1 aromatic carbocycles. The standard InChI is InChI=1S/C14H16FNO/c1-3-11-7-14(17)16(8-11)9-12-4-10(2)5-13(15)6-12/h3-6,11H,1,7-9H2,2H3. The van der Waals surface area contributed by atoms with Gasteiger partial charge in [-0.15, -0.1) is 6.58 Å². The zero-order valence-corrected chi connectivity index (χ0v) is 9.95. The highest BCUT2D eigenvalue weighted by Gasteiger charge is 2.27. The van der Waals surface area contributed by atoms with E-state index in [1.807, 2.05) is 19.1 Å². The summed E-state index contributed by atoms with van der Waals surface area (Å²) in [5.41, 5.74) is 1.73. The molecule has 0 spiro atoms. The number of hydrogen-bond acceptors (Lipinski definition) is 1. The third-order valence-electron chi connectivity index (χ3n) is 3.05. The molecule has 1 aliphatic rings. The maximum atomic E-state index is 13.2. The molecule has 0 bridgehead atoms. The second-order valence-electron chi connectivity index (χ2n) is 4.61. The fourth-order valence-electron chi connectivity index (χ4n) is 2.24. The van der Waals surface area contributed by atoms with Gasteiger partial charge in [0, 0.05) is 25.4 Å². The molecule has 1 unspecified atom stereocenters. The molecule has 0 radical (unpaired) electrons. The summed E-state index contributed by atoms with van der Waals surface area (Å²) in [6.45, 7) is 6.74. The Morgan fingerprint density at radius 2 is 2.29 bits per heavy atom. The van der Waals surface area contributed by atoms with E-state index < -0.39 is 0 Å². The van der Waals surface area contributed by atoms with Crippen molar-refractivity contribution in [3.8, 4) is 0 Å². The van der Waals surface area contributed by atoms with Gasteiger partial charge in [-0.05, 0) is 30.2 Å². The Labute approximate surface area is 101 Å². The Hall–Kier alpha value is -1.64. The molecule has 2 rings (SSSR count). The van der Waals surface area contributed by atoms with Gasteiger partial charge in [-0.1, -0.05) is 12.1 Å². The van der Waals surface area contributed by atoms with Gasteiger partial charge in [0.1, 0.15) is 5.82 Å². The molecule has 1 heterocycles. The summed E-state index contributed by atoms with van der Waals surface area (Å²) in [4.78, 5) is 13.5.